The van der Waals surface area contributed by atoms with Crippen molar-refractivity contribution < 1.29 is 22.3 Å². The van der Waals surface area contributed by atoms with Crippen molar-refractivity contribution >= 4 is 11.8 Å². The summed E-state index contributed by atoms with van der Waals surface area (Å²) < 4.78 is 63.4. The van der Waals surface area contributed by atoms with Gasteiger partial charge in [0.2, 0.25) is 5.95 Å². The Morgan fingerprint density at radius 3 is 2.50 bits per heavy atom. The van der Waals surface area contributed by atoms with Crippen molar-refractivity contribution in [3.63, 3.8) is 0 Å². The quantitative estimate of drug-likeness (QED) is 0.706. The number of hydrogen-bond donors (Lipinski definition) is 0. The second-order valence-corrected chi connectivity index (χ2v) is 7.78. The number of fused-ring (bicyclic) bond motifs is 1. The molecule has 0 N–H and O–H groups in total. The molecule has 2 atom stereocenters. The maximum Gasteiger partial charge on any atom is 0.413 e. The number of alkyl halides is 3. The Balaban J connectivity index is 1.87. The minimum absolute atomic E-state index is 0.104. The molecule has 1 aromatic heterocycles. The summed E-state index contributed by atoms with van der Waals surface area (Å²) in [6.07, 6.45) is -4.67. The first-order chi connectivity index (χ1) is 14.1. The summed E-state index contributed by atoms with van der Waals surface area (Å²) in [7, 11) is 0. The molecule has 2 aromatic rings. The first-order valence-electron chi connectivity index (χ1n) is 9.68. The number of nitrogens with zero attached hydrogens (tertiary/aromatic N) is 4. The molecule has 10 heteroatoms. The molecule has 0 aliphatic carbocycles. The molecule has 1 aromatic carbocycles. The van der Waals surface area contributed by atoms with E-state index in [1.165, 1.54) is 31.2 Å². The lowest BCUT2D eigenvalue weighted by molar-refractivity contribution is -0.183. The number of aromatic nitrogens is 2. The van der Waals surface area contributed by atoms with E-state index < -0.39 is 35.7 Å². The van der Waals surface area contributed by atoms with Gasteiger partial charge in [0.25, 0.3) is 5.56 Å². The largest absolute Gasteiger partial charge is 0.413 e. The lowest BCUT2D eigenvalue weighted by Crippen LogP contribution is -2.56. The summed E-state index contributed by atoms with van der Waals surface area (Å²) in [4.78, 5) is 20.0. The lowest BCUT2D eigenvalue weighted by Gasteiger charge is -2.40. The van der Waals surface area contributed by atoms with Crippen molar-refractivity contribution in [3.05, 3.63) is 52.1 Å². The minimum atomic E-state index is -4.67. The second-order valence-electron chi connectivity index (χ2n) is 7.78. The van der Waals surface area contributed by atoms with Crippen LogP contribution in [0.1, 0.15) is 25.5 Å². The molecular formula is C20H22F4N4O2. The fraction of sp³-hybridized carbons (Fsp3) is 0.500. The van der Waals surface area contributed by atoms with E-state index >= 15 is 0 Å². The fourth-order valence-electron chi connectivity index (χ4n) is 4.15. The standard InChI is InChI=1S/C20H22F4N4O2/c1-13(14-5-3-4-6-15(14)21)28-18-25-16(26-7-9-30-10-8-26)11-17(29)27(18)12-19(28,2)20(22,23)24/h3-6,11,13H,7-10,12H2,1-2H3/t13-,19-/m0/s1. The van der Waals surface area contributed by atoms with Crippen LogP contribution in [0.2, 0.25) is 0 Å². The highest BCUT2D eigenvalue weighted by molar-refractivity contribution is 5.52. The van der Waals surface area contributed by atoms with E-state index in [-0.39, 0.29) is 11.5 Å². The van der Waals surface area contributed by atoms with Crippen LogP contribution in [0.3, 0.4) is 0 Å². The zero-order valence-corrected chi connectivity index (χ0v) is 16.6. The predicted molar refractivity (Wildman–Crippen MR) is 103 cm³/mol. The third-order valence-electron chi connectivity index (χ3n) is 5.88. The minimum Gasteiger partial charge on any atom is -0.378 e. The van der Waals surface area contributed by atoms with Crippen LogP contribution in [-0.4, -0.2) is 47.6 Å². The van der Waals surface area contributed by atoms with Crippen molar-refractivity contribution in [2.45, 2.75) is 38.1 Å². The van der Waals surface area contributed by atoms with E-state index in [0.29, 0.717) is 32.1 Å². The van der Waals surface area contributed by atoms with Crippen molar-refractivity contribution in [1.82, 2.24) is 9.55 Å². The zero-order chi connectivity index (χ0) is 21.7. The van der Waals surface area contributed by atoms with E-state index in [0.717, 1.165) is 16.4 Å². The van der Waals surface area contributed by atoms with E-state index in [4.69, 9.17) is 4.74 Å². The van der Waals surface area contributed by atoms with Crippen molar-refractivity contribution in [1.29, 1.82) is 0 Å². The molecule has 2 aliphatic heterocycles. The first kappa shape index (κ1) is 20.6. The zero-order valence-electron chi connectivity index (χ0n) is 16.6. The predicted octanol–water partition coefficient (Wildman–Crippen LogP) is 3.12. The van der Waals surface area contributed by atoms with Gasteiger partial charge in [-0.1, -0.05) is 18.2 Å². The number of benzene rings is 1. The Bertz CT molecular complexity index is 1000. The molecule has 3 heterocycles. The molecule has 0 unspecified atom stereocenters. The molecule has 0 bridgehead atoms. The summed E-state index contributed by atoms with van der Waals surface area (Å²) in [5.74, 6) is -0.425. The Morgan fingerprint density at radius 1 is 1.20 bits per heavy atom. The van der Waals surface area contributed by atoms with Gasteiger partial charge in [0.1, 0.15) is 11.6 Å². The SMILES string of the molecule is C[C@@H](c1ccccc1F)N1c2nc(N3CCOCC3)cc(=O)n2C[C@@]1(C)C(F)(F)F. The Kier molecular flexibility index (Phi) is 5.00. The van der Waals surface area contributed by atoms with Gasteiger partial charge in [-0.05, 0) is 19.9 Å². The van der Waals surface area contributed by atoms with Gasteiger partial charge >= 0.3 is 6.18 Å². The van der Waals surface area contributed by atoms with Gasteiger partial charge in [-0.3, -0.25) is 9.36 Å². The molecule has 6 nitrogen and oxygen atoms in total. The fourth-order valence-corrected chi connectivity index (χ4v) is 4.15. The summed E-state index contributed by atoms with van der Waals surface area (Å²) in [6.45, 7) is 3.74. The monoisotopic (exact) mass is 426 g/mol. The molecule has 30 heavy (non-hydrogen) atoms. The van der Waals surface area contributed by atoms with Gasteiger partial charge in [-0.2, -0.15) is 18.2 Å². The summed E-state index contributed by atoms with van der Waals surface area (Å²) >= 11 is 0. The normalized spacial score (nSPS) is 22.9. The van der Waals surface area contributed by atoms with E-state index in [1.807, 2.05) is 0 Å². The Hall–Kier alpha value is -2.62. The molecule has 0 spiro atoms. The average molecular weight is 426 g/mol. The summed E-state index contributed by atoms with van der Waals surface area (Å²) in [5, 5.41) is 0. The second kappa shape index (κ2) is 7.26. The van der Waals surface area contributed by atoms with Gasteiger partial charge in [0, 0.05) is 24.7 Å². The molecule has 1 saturated heterocycles. The van der Waals surface area contributed by atoms with Crippen LogP contribution in [0, 0.1) is 5.82 Å². The topological polar surface area (TPSA) is 50.6 Å². The molecule has 1 fully saturated rings. The van der Waals surface area contributed by atoms with Crippen LogP contribution in [-0.2, 0) is 11.3 Å². The number of morpholine rings is 1. The number of ether oxygens (including phenoxy) is 1. The first-order valence-corrected chi connectivity index (χ1v) is 9.68. The van der Waals surface area contributed by atoms with Gasteiger partial charge in [0.05, 0.1) is 25.8 Å². The highest BCUT2D eigenvalue weighted by Gasteiger charge is 2.61. The van der Waals surface area contributed by atoms with Crippen LogP contribution in [0.25, 0.3) is 0 Å². The van der Waals surface area contributed by atoms with Crippen LogP contribution in [0.5, 0.6) is 0 Å². The summed E-state index contributed by atoms with van der Waals surface area (Å²) in [6, 6.07) is 5.95. The number of hydrogen-bond acceptors (Lipinski definition) is 5. The molecule has 0 saturated carbocycles. The maximum absolute atomic E-state index is 14.4. The van der Waals surface area contributed by atoms with Gasteiger partial charge < -0.3 is 14.5 Å². The van der Waals surface area contributed by atoms with Crippen LogP contribution in [0.4, 0.5) is 29.3 Å². The molecule has 0 amide bonds. The molecule has 2 aliphatic rings. The van der Waals surface area contributed by atoms with Crippen LogP contribution >= 0.6 is 0 Å². The summed E-state index contributed by atoms with van der Waals surface area (Å²) in [5.41, 5.74) is -2.88. The van der Waals surface area contributed by atoms with Crippen molar-refractivity contribution in [3.8, 4) is 0 Å². The molecule has 162 valence electrons. The number of anilines is 2. The average Bonchev–Trinajstić information content (AvgIpc) is 3.02. The van der Waals surface area contributed by atoms with E-state index in [1.54, 1.807) is 11.0 Å². The third kappa shape index (κ3) is 3.23. The van der Waals surface area contributed by atoms with Crippen molar-refractivity contribution in [2.24, 2.45) is 0 Å². The highest BCUT2D eigenvalue weighted by atomic mass is 19.4. The highest BCUT2D eigenvalue weighted by Crippen LogP contribution is 2.47. The van der Waals surface area contributed by atoms with Crippen LogP contribution < -0.4 is 15.4 Å². The van der Waals surface area contributed by atoms with Gasteiger partial charge in [-0.25, -0.2) is 4.39 Å². The Morgan fingerprint density at radius 2 is 1.87 bits per heavy atom. The van der Waals surface area contributed by atoms with Gasteiger partial charge in [-0.15, -0.1) is 0 Å². The molecule has 4 rings (SSSR count). The van der Waals surface area contributed by atoms with Gasteiger partial charge in [0.15, 0.2) is 5.54 Å². The number of halogens is 4. The van der Waals surface area contributed by atoms with Crippen molar-refractivity contribution in [2.75, 3.05) is 36.1 Å². The molecule has 0 radical (unpaired) electrons. The van der Waals surface area contributed by atoms with E-state index in [9.17, 15) is 22.4 Å². The lowest BCUT2D eigenvalue weighted by atomic mass is 9.96. The van der Waals surface area contributed by atoms with Crippen LogP contribution in [0.15, 0.2) is 35.1 Å². The molecular weight excluding hydrogens is 404 g/mol. The van der Waals surface area contributed by atoms with E-state index in [2.05, 4.69) is 4.98 Å². The third-order valence-corrected chi connectivity index (χ3v) is 5.88. The smallest absolute Gasteiger partial charge is 0.378 e. The number of rotatable bonds is 3. The Labute approximate surface area is 170 Å². The maximum atomic E-state index is 14.4.